The smallest absolute Gasteiger partial charge is 0.345 e. The molecular weight excluding hydrogens is 431 g/mol. The molecule has 3 aromatic heterocycles. The van der Waals surface area contributed by atoms with Crippen molar-refractivity contribution in [2.24, 2.45) is 0 Å². The van der Waals surface area contributed by atoms with E-state index in [0.29, 0.717) is 12.1 Å². The topological polar surface area (TPSA) is 63.6 Å². The van der Waals surface area contributed by atoms with Crippen molar-refractivity contribution in [1.82, 2.24) is 19.5 Å². The molecule has 0 spiro atoms. The van der Waals surface area contributed by atoms with Crippen LogP contribution in [0.15, 0.2) is 30.7 Å². The van der Waals surface area contributed by atoms with E-state index in [1.54, 1.807) is 22.9 Å². The molecule has 3 heterocycles. The number of aromatic amines is 1. The van der Waals surface area contributed by atoms with Crippen LogP contribution in [-0.4, -0.2) is 31.5 Å². The minimum Gasteiger partial charge on any atom is -0.345 e. The molecule has 0 aromatic carbocycles. The second kappa shape index (κ2) is 5.62. The number of Topliss-reactive ketones (excluding diaryl/α,β-unsaturated/α-hetero) is 1. The summed E-state index contributed by atoms with van der Waals surface area (Å²) in [4.78, 5) is 18.2. The number of aromatic nitrogens is 4. The molecule has 1 N–H and O–H groups in total. The van der Waals surface area contributed by atoms with Gasteiger partial charge in [-0.3, -0.25) is 4.79 Å². The van der Waals surface area contributed by atoms with Gasteiger partial charge in [-0.05, 0) is 34.2 Å². The van der Waals surface area contributed by atoms with Crippen molar-refractivity contribution in [1.29, 1.82) is 0 Å². The van der Waals surface area contributed by atoms with E-state index in [1.807, 2.05) is 0 Å². The Morgan fingerprint density at radius 3 is 2.77 bits per heavy atom. The molecule has 0 fully saturated rings. The Bertz CT molecular complexity index is 858. The molecule has 0 amide bonds. The van der Waals surface area contributed by atoms with Crippen LogP contribution in [0.5, 0.6) is 0 Å². The van der Waals surface area contributed by atoms with Crippen LogP contribution < -0.4 is 0 Å². The first-order chi connectivity index (χ1) is 10.4. The maximum atomic E-state index is 12.5. The fourth-order valence-electron chi connectivity index (χ4n) is 2.01. The molecule has 0 radical (unpaired) electrons. The van der Waals surface area contributed by atoms with E-state index in [-0.39, 0.29) is 11.0 Å². The van der Waals surface area contributed by atoms with Gasteiger partial charge in [0.05, 0.1) is 23.8 Å². The number of hydrogen-bond donors (Lipinski definition) is 1. The van der Waals surface area contributed by atoms with Gasteiger partial charge < -0.3 is 4.98 Å². The van der Waals surface area contributed by atoms with Crippen LogP contribution in [0.3, 0.4) is 0 Å². The van der Waals surface area contributed by atoms with Gasteiger partial charge in [0.15, 0.2) is 0 Å². The van der Waals surface area contributed by atoms with Gasteiger partial charge in [-0.1, -0.05) is 0 Å². The van der Waals surface area contributed by atoms with Crippen LogP contribution in [0.1, 0.15) is 10.4 Å². The molecule has 0 saturated heterocycles. The average Bonchev–Trinajstić information content (AvgIpc) is 3.11. The molecule has 5 nitrogen and oxygen atoms in total. The summed E-state index contributed by atoms with van der Waals surface area (Å²) in [7, 11) is 0. The predicted molar refractivity (Wildman–Crippen MR) is 85.4 cm³/mol. The first kappa shape index (κ1) is 15.4. The highest BCUT2D eigenvalue weighted by Crippen LogP contribution is 2.29. The number of H-pyrrole nitrogens is 1. The fraction of sp³-hybridized carbons (Fsp3) is 0.0833. The second-order valence-corrected chi connectivity index (χ2v) is 6.45. The molecule has 22 heavy (non-hydrogen) atoms. The molecule has 3 rings (SSSR count). The lowest BCUT2D eigenvalue weighted by molar-refractivity contribution is -0.0884. The summed E-state index contributed by atoms with van der Waals surface area (Å²) >= 11 is 2.18. The third-order valence-electron chi connectivity index (χ3n) is 3.01. The fourth-order valence-corrected chi connectivity index (χ4v) is 3.09. The summed E-state index contributed by atoms with van der Waals surface area (Å²) in [5.41, 5.74) is 1.13. The first-order valence-electron chi connectivity index (χ1n) is 5.91. The number of fused-ring (bicyclic) bond motifs is 1. The van der Waals surface area contributed by atoms with E-state index in [0.717, 1.165) is 11.8 Å². The number of hydrogen-bond acceptors (Lipinski definition) is 3. The van der Waals surface area contributed by atoms with E-state index in [1.165, 1.54) is 6.07 Å². The summed E-state index contributed by atoms with van der Waals surface area (Å²) in [5.74, 6) is -1.88. The lowest BCUT2D eigenvalue weighted by atomic mass is 10.1. The zero-order chi connectivity index (χ0) is 15.9. The number of halogens is 4. The average molecular weight is 438 g/mol. The molecule has 10 heteroatoms. The minimum absolute atomic E-state index is 0.147. The number of nitrogens with one attached hydrogen (secondary N) is 1. The summed E-state index contributed by atoms with van der Waals surface area (Å²) in [6.45, 7) is 0. The molecule has 0 aliphatic carbocycles. The van der Waals surface area contributed by atoms with E-state index in [9.17, 15) is 18.0 Å². The standard InChI is InChI=1S/C12H7F3IN4OP/c13-12(14,15)10(21)8-4-17-11-7(8)1-2-9(19-11)6-3-18-20(5-6)22-16/h1-5,22H,(H,17,19). The Hall–Kier alpha value is -1.48. The maximum absolute atomic E-state index is 12.5. The van der Waals surface area contributed by atoms with Gasteiger partial charge >= 0.3 is 6.18 Å². The van der Waals surface area contributed by atoms with E-state index in [4.69, 9.17) is 0 Å². The number of ketones is 1. The third kappa shape index (κ3) is 2.74. The van der Waals surface area contributed by atoms with Crippen molar-refractivity contribution in [3.63, 3.8) is 0 Å². The third-order valence-corrected chi connectivity index (χ3v) is 4.91. The molecule has 1 unspecified atom stereocenters. The number of rotatable bonds is 3. The summed E-state index contributed by atoms with van der Waals surface area (Å²) < 4.78 is 39.3. The molecule has 0 aliphatic heterocycles. The van der Waals surface area contributed by atoms with E-state index < -0.39 is 17.5 Å². The van der Waals surface area contributed by atoms with Gasteiger partial charge in [0.2, 0.25) is 0 Å². The summed E-state index contributed by atoms with van der Waals surface area (Å²) in [5, 5.41) is 4.27. The Labute approximate surface area is 136 Å². The molecule has 114 valence electrons. The van der Waals surface area contributed by atoms with Crippen molar-refractivity contribution in [3.05, 3.63) is 36.3 Å². The largest absolute Gasteiger partial charge is 0.454 e. The second-order valence-electron chi connectivity index (χ2n) is 4.38. The van der Waals surface area contributed by atoms with Gasteiger partial charge in [0.1, 0.15) is 5.65 Å². The SMILES string of the molecule is O=C(c1c[nH]c2nc(-c3cnn(PI)c3)ccc12)C(F)(F)F. The highest BCUT2D eigenvalue weighted by Gasteiger charge is 2.40. The van der Waals surface area contributed by atoms with Crippen LogP contribution >= 0.6 is 28.4 Å². The number of carbonyl (C=O) groups excluding carboxylic acids is 1. The van der Waals surface area contributed by atoms with Gasteiger partial charge in [0, 0.05) is 23.3 Å². The van der Waals surface area contributed by atoms with E-state index in [2.05, 4.69) is 37.1 Å². The molecule has 0 saturated carbocycles. The molecule has 1 atom stereocenters. The van der Waals surface area contributed by atoms with Gasteiger partial charge in [-0.25, -0.2) is 9.44 Å². The van der Waals surface area contributed by atoms with Crippen molar-refractivity contribution < 1.29 is 18.0 Å². The van der Waals surface area contributed by atoms with Crippen LogP contribution in [-0.2, 0) is 0 Å². The lowest BCUT2D eigenvalue weighted by Crippen LogP contribution is -2.22. The molecule has 0 aliphatic rings. The molecule has 3 aromatic rings. The molecular formula is C12H7F3IN4OP. The quantitative estimate of drug-likeness (QED) is 0.383. The minimum atomic E-state index is -4.91. The van der Waals surface area contributed by atoms with E-state index >= 15 is 0 Å². The first-order valence-corrected chi connectivity index (χ1v) is 9.97. The van der Waals surface area contributed by atoms with Crippen molar-refractivity contribution in [3.8, 4) is 11.3 Å². The summed E-state index contributed by atoms with van der Waals surface area (Å²) in [6.07, 6.45) is -0.00558. The van der Waals surface area contributed by atoms with Gasteiger partial charge in [0.25, 0.3) is 5.78 Å². The van der Waals surface area contributed by atoms with Gasteiger partial charge in [-0.15, -0.1) is 0 Å². The van der Waals surface area contributed by atoms with Gasteiger partial charge in [-0.2, -0.15) is 18.3 Å². The zero-order valence-corrected chi connectivity index (χ0v) is 13.8. The van der Waals surface area contributed by atoms with Crippen molar-refractivity contribution in [2.45, 2.75) is 6.18 Å². The van der Waals surface area contributed by atoms with Crippen LogP contribution in [0.4, 0.5) is 13.2 Å². The number of carbonyl (C=O) groups is 1. The Kier molecular flexibility index (Phi) is 3.94. The highest BCUT2D eigenvalue weighted by molar-refractivity contribution is 14.2. The predicted octanol–water partition coefficient (Wildman–Crippen LogP) is 3.96. The zero-order valence-electron chi connectivity index (χ0n) is 10.6. The summed E-state index contributed by atoms with van der Waals surface area (Å²) in [6, 6.07) is 3.03. The molecule has 0 bridgehead atoms. The Morgan fingerprint density at radius 2 is 2.14 bits per heavy atom. The number of alkyl halides is 3. The van der Waals surface area contributed by atoms with Crippen molar-refractivity contribution >= 4 is 45.2 Å². The Morgan fingerprint density at radius 1 is 1.36 bits per heavy atom. The number of pyridine rings is 1. The maximum Gasteiger partial charge on any atom is 0.454 e. The number of nitrogens with zero attached hydrogens (tertiary/aromatic N) is 3. The monoisotopic (exact) mass is 438 g/mol. The Balaban J connectivity index is 2.04. The van der Waals surface area contributed by atoms with Crippen LogP contribution in [0.2, 0.25) is 0 Å². The van der Waals surface area contributed by atoms with Crippen LogP contribution in [0.25, 0.3) is 22.3 Å². The lowest BCUT2D eigenvalue weighted by Gasteiger charge is -2.03. The van der Waals surface area contributed by atoms with Crippen LogP contribution in [0, 0.1) is 0 Å². The van der Waals surface area contributed by atoms with Crippen molar-refractivity contribution in [2.75, 3.05) is 0 Å². The normalized spacial score (nSPS) is 12.5. The highest BCUT2D eigenvalue weighted by atomic mass is 127.